The van der Waals surface area contributed by atoms with Crippen molar-refractivity contribution in [2.45, 2.75) is 296 Å². The molecule has 0 bridgehead atoms. The minimum Gasteiger partial charge on any atom is -0.394 e. The highest BCUT2D eigenvalue weighted by Gasteiger charge is 2.18. The van der Waals surface area contributed by atoms with Crippen LogP contribution in [0.25, 0.3) is 0 Å². The van der Waals surface area contributed by atoms with Crippen molar-refractivity contribution >= 4 is 5.91 Å². The molecule has 0 radical (unpaired) electrons. The lowest BCUT2D eigenvalue weighted by Gasteiger charge is -2.19. The highest BCUT2D eigenvalue weighted by Crippen LogP contribution is 2.17. The third kappa shape index (κ3) is 50.8. The van der Waals surface area contributed by atoms with E-state index in [4.69, 9.17) is 0 Å². The number of rotatable bonds is 51. The number of aliphatic hydroxyl groups is 2. The van der Waals surface area contributed by atoms with Gasteiger partial charge in [0.25, 0.3) is 0 Å². The van der Waals surface area contributed by atoms with E-state index in [-0.39, 0.29) is 12.5 Å². The normalized spacial score (nSPS) is 13.4. The average Bonchev–Trinajstić information content (AvgIpc) is 3.30. The van der Waals surface area contributed by atoms with Gasteiger partial charge in [0.05, 0.1) is 18.8 Å². The molecule has 0 saturated heterocycles. The Hall–Kier alpha value is -2.17. The van der Waals surface area contributed by atoms with Gasteiger partial charge in [-0.1, -0.05) is 279 Å². The van der Waals surface area contributed by atoms with Crippen LogP contribution in [0.5, 0.6) is 0 Å². The fraction of sp³-hybridized carbons (Fsp3) is 0.783. The van der Waals surface area contributed by atoms with E-state index in [1.165, 1.54) is 205 Å². The minimum absolute atomic E-state index is 0.0727. The van der Waals surface area contributed by atoms with Crippen LogP contribution < -0.4 is 5.32 Å². The van der Waals surface area contributed by atoms with Crippen LogP contribution in [-0.2, 0) is 4.79 Å². The van der Waals surface area contributed by atoms with Crippen molar-refractivity contribution in [3.8, 4) is 0 Å². The summed E-state index contributed by atoms with van der Waals surface area (Å²) in [7, 11) is 0. The van der Waals surface area contributed by atoms with Crippen molar-refractivity contribution < 1.29 is 15.0 Å². The maximum atomic E-state index is 12.5. The Labute approximate surface area is 399 Å². The molecule has 372 valence electrons. The highest BCUT2D eigenvalue weighted by atomic mass is 16.3. The molecule has 0 aromatic heterocycles. The summed E-state index contributed by atoms with van der Waals surface area (Å²) in [5.74, 6) is -0.0727. The van der Waals surface area contributed by atoms with Gasteiger partial charge < -0.3 is 15.5 Å². The Morgan fingerprint density at radius 3 is 1.09 bits per heavy atom. The van der Waals surface area contributed by atoms with E-state index in [0.717, 1.165) is 57.8 Å². The Kier molecular flexibility index (Phi) is 53.3. The Balaban J connectivity index is 3.53. The number of carbonyl (C=O) groups is 1. The van der Waals surface area contributed by atoms with Crippen LogP contribution in [0.4, 0.5) is 0 Å². The lowest BCUT2D eigenvalue weighted by Crippen LogP contribution is -2.45. The van der Waals surface area contributed by atoms with Gasteiger partial charge in [-0.15, -0.1) is 0 Å². The molecule has 0 saturated carbocycles. The standard InChI is InChI=1S/C60H109NO3/c1-3-5-7-9-11-13-15-17-19-21-23-25-27-28-29-30-31-32-34-36-38-40-42-44-46-48-50-52-54-56-60(64)61-58(57-62)59(63)55-53-51-49-47-45-43-41-39-37-35-33-26-24-22-20-18-16-14-12-10-8-6-4-2/h5,7,11,13,17,19,23,25,45,47,53,55,58-59,62-63H,3-4,6,8-10,12,14-16,18,20-22,24,26-44,46,48-52,54,56-57H2,1-2H3,(H,61,64)/b7-5-,13-11-,19-17-,25-23-,47-45+,55-53+. The van der Waals surface area contributed by atoms with Crippen LogP contribution in [0, 0.1) is 0 Å². The quantitative estimate of drug-likeness (QED) is 0.0421. The smallest absolute Gasteiger partial charge is 0.220 e. The van der Waals surface area contributed by atoms with Crippen molar-refractivity contribution in [1.82, 2.24) is 5.32 Å². The molecule has 0 fully saturated rings. The van der Waals surface area contributed by atoms with Crippen LogP contribution in [0.1, 0.15) is 284 Å². The molecule has 4 nitrogen and oxygen atoms in total. The van der Waals surface area contributed by atoms with Crippen LogP contribution in [-0.4, -0.2) is 34.9 Å². The fourth-order valence-electron chi connectivity index (χ4n) is 8.42. The van der Waals surface area contributed by atoms with Crippen molar-refractivity contribution in [2.75, 3.05) is 6.61 Å². The molecule has 0 heterocycles. The second-order valence-corrected chi connectivity index (χ2v) is 19.0. The number of nitrogens with one attached hydrogen (secondary N) is 1. The van der Waals surface area contributed by atoms with Gasteiger partial charge in [-0.3, -0.25) is 4.79 Å². The van der Waals surface area contributed by atoms with Crippen LogP contribution in [0.3, 0.4) is 0 Å². The second-order valence-electron chi connectivity index (χ2n) is 19.0. The van der Waals surface area contributed by atoms with Gasteiger partial charge >= 0.3 is 0 Å². The monoisotopic (exact) mass is 892 g/mol. The van der Waals surface area contributed by atoms with Crippen LogP contribution in [0.15, 0.2) is 72.9 Å². The number of unbranched alkanes of at least 4 members (excludes halogenated alkanes) is 34. The molecule has 2 atom stereocenters. The Bertz CT molecular complexity index is 1100. The Morgan fingerprint density at radius 2 is 0.703 bits per heavy atom. The number of hydrogen-bond donors (Lipinski definition) is 3. The van der Waals surface area contributed by atoms with Crippen molar-refractivity contribution in [2.24, 2.45) is 0 Å². The van der Waals surface area contributed by atoms with E-state index in [1.807, 2.05) is 6.08 Å². The number of amides is 1. The number of aliphatic hydroxyl groups excluding tert-OH is 2. The van der Waals surface area contributed by atoms with Gasteiger partial charge in [0.15, 0.2) is 0 Å². The largest absolute Gasteiger partial charge is 0.394 e. The SMILES string of the molecule is CC/C=C\C/C=C\C/C=C\C/C=C\CCCCCCCCCCCCCCCCCCC(=O)NC(CO)C(O)/C=C/CC/C=C/CCCCCCCCCCCCCCCCCCC. The first kappa shape index (κ1) is 61.8. The highest BCUT2D eigenvalue weighted by molar-refractivity contribution is 5.76. The third-order valence-electron chi connectivity index (χ3n) is 12.7. The van der Waals surface area contributed by atoms with Gasteiger partial charge in [-0.25, -0.2) is 0 Å². The van der Waals surface area contributed by atoms with Crippen molar-refractivity contribution in [3.05, 3.63) is 72.9 Å². The summed E-state index contributed by atoms with van der Waals surface area (Å²) in [4.78, 5) is 12.5. The maximum absolute atomic E-state index is 12.5. The van der Waals surface area contributed by atoms with Crippen molar-refractivity contribution in [1.29, 1.82) is 0 Å². The summed E-state index contributed by atoms with van der Waals surface area (Å²) in [6, 6.07) is -0.642. The van der Waals surface area contributed by atoms with E-state index in [9.17, 15) is 15.0 Å². The topological polar surface area (TPSA) is 69.6 Å². The van der Waals surface area contributed by atoms with E-state index < -0.39 is 12.1 Å². The maximum Gasteiger partial charge on any atom is 0.220 e. The van der Waals surface area contributed by atoms with Crippen LogP contribution in [0.2, 0.25) is 0 Å². The third-order valence-corrected chi connectivity index (χ3v) is 12.7. The zero-order valence-corrected chi connectivity index (χ0v) is 42.8. The predicted molar refractivity (Wildman–Crippen MR) is 285 cm³/mol. The Morgan fingerprint density at radius 1 is 0.391 bits per heavy atom. The molecule has 0 aliphatic heterocycles. The van der Waals surface area contributed by atoms with Crippen molar-refractivity contribution in [3.63, 3.8) is 0 Å². The molecule has 1 amide bonds. The van der Waals surface area contributed by atoms with E-state index in [2.05, 4.69) is 79.9 Å². The number of hydrogen-bond acceptors (Lipinski definition) is 3. The van der Waals surface area contributed by atoms with E-state index in [0.29, 0.717) is 6.42 Å². The summed E-state index contributed by atoms with van der Waals surface area (Å²) in [6.07, 6.45) is 79.2. The molecule has 0 rings (SSSR count). The molecule has 64 heavy (non-hydrogen) atoms. The van der Waals surface area contributed by atoms with Gasteiger partial charge in [0.1, 0.15) is 0 Å². The molecule has 0 aliphatic rings. The number of carbonyl (C=O) groups excluding carboxylic acids is 1. The zero-order chi connectivity index (χ0) is 46.3. The second kappa shape index (κ2) is 55.2. The molecular formula is C60H109NO3. The molecule has 0 spiro atoms. The summed E-state index contributed by atoms with van der Waals surface area (Å²) in [5.41, 5.74) is 0. The summed E-state index contributed by atoms with van der Waals surface area (Å²) in [5, 5.41) is 23.2. The first-order valence-corrected chi connectivity index (χ1v) is 28.2. The lowest BCUT2D eigenvalue weighted by molar-refractivity contribution is -0.123. The molecular weight excluding hydrogens is 783 g/mol. The molecule has 0 aromatic rings. The molecule has 4 heteroatoms. The first-order chi connectivity index (χ1) is 31.7. The summed E-state index contributed by atoms with van der Waals surface area (Å²) < 4.78 is 0. The summed E-state index contributed by atoms with van der Waals surface area (Å²) >= 11 is 0. The first-order valence-electron chi connectivity index (χ1n) is 28.2. The summed E-state index contributed by atoms with van der Waals surface area (Å²) in [6.45, 7) is 4.21. The van der Waals surface area contributed by atoms with E-state index >= 15 is 0 Å². The van der Waals surface area contributed by atoms with E-state index in [1.54, 1.807) is 6.08 Å². The van der Waals surface area contributed by atoms with Gasteiger partial charge in [0, 0.05) is 6.42 Å². The zero-order valence-electron chi connectivity index (χ0n) is 42.8. The van der Waals surface area contributed by atoms with Gasteiger partial charge in [-0.05, 0) is 70.6 Å². The van der Waals surface area contributed by atoms with Crippen LogP contribution >= 0.6 is 0 Å². The predicted octanol–water partition coefficient (Wildman–Crippen LogP) is 18.6. The number of allylic oxidation sites excluding steroid dienone is 11. The molecule has 2 unspecified atom stereocenters. The average molecular weight is 893 g/mol. The van der Waals surface area contributed by atoms with Gasteiger partial charge in [-0.2, -0.15) is 0 Å². The lowest BCUT2D eigenvalue weighted by atomic mass is 10.0. The fourth-order valence-corrected chi connectivity index (χ4v) is 8.42. The minimum atomic E-state index is -0.865. The molecule has 0 aromatic carbocycles. The molecule has 3 N–H and O–H groups in total. The van der Waals surface area contributed by atoms with Gasteiger partial charge in [0.2, 0.25) is 5.91 Å². The molecule has 0 aliphatic carbocycles.